The Labute approximate surface area is 399 Å². The molecule has 0 radical (unpaired) electrons. The fourth-order valence-corrected chi connectivity index (χ4v) is 7.97. The van der Waals surface area contributed by atoms with Gasteiger partial charge in [0.25, 0.3) is 0 Å². The number of nitrogens with one attached hydrogen (secondary N) is 2. The molecule has 2 aliphatic rings. The molecule has 2 amide bonds. The second-order valence-corrected chi connectivity index (χ2v) is 15.9. The second-order valence-electron chi connectivity index (χ2n) is 15.9. The number of carboxylic acids is 1. The number of esters is 1. The van der Waals surface area contributed by atoms with Crippen molar-refractivity contribution in [2.75, 3.05) is 54.4 Å². The summed E-state index contributed by atoms with van der Waals surface area (Å²) < 4.78 is 31.0. The molecule has 0 aliphatic heterocycles. The third-order valence-electron chi connectivity index (χ3n) is 11.3. The number of hydrogen-bond donors (Lipinski definition) is 3. The number of benzene rings is 5. The Balaban J connectivity index is 0.000000236. The standard InChI is InChI=1S/C29H29NO5.C22H25NO5.C4H8O/c1-33-18-10-9-17-27(28(31)34-19-21-11-3-2-4-12-21)30-29(32)35-20-26-24-15-7-5-13-22(24)23-14-6-8-16-25(23)26;1-27-13-7-6-12-20(21(24)25)23-22(26)28-14-19-17-10-4-2-8-15(17)16-9-3-5-11-18(16)19;1-3-4-5-2/h2-16,26-27H,17-20H2,1H3,(H,30,32);2-5,8-11,19-20H,6-7,12-14H2,1H3,(H,23,26)(H,24,25);3H,1,4H2,2H3/b10-9+;;/t27-;20-;/m00./s1. The molecule has 0 aromatic heterocycles. The number of amides is 2. The summed E-state index contributed by atoms with van der Waals surface area (Å²) in [4.78, 5) is 49.0. The Hall–Kier alpha value is -7.06. The second kappa shape index (κ2) is 28.2. The summed E-state index contributed by atoms with van der Waals surface area (Å²) >= 11 is 0. The topological polar surface area (TPSA) is 168 Å². The van der Waals surface area contributed by atoms with Gasteiger partial charge in [-0.2, -0.15) is 0 Å². The van der Waals surface area contributed by atoms with Gasteiger partial charge in [-0.3, -0.25) is 0 Å². The van der Waals surface area contributed by atoms with E-state index in [0.717, 1.165) is 56.5 Å². The van der Waals surface area contributed by atoms with Crippen LogP contribution in [0.25, 0.3) is 22.3 Å². The highest BCUT2D eigenvalue weighted by molar-refractivity contribution is 5.83. The van der Waals surface area contributed by atoms with Gasteiger partial charge >= 0.3 is 24.1 Å². The van der Waals surface area contributed by atoms with Crippen LogP contribution < -0.4 is 10.6 Å². The lowest BCUT2D eigenvalue weighted by atomic mass is 9.98. The van der Waals surface area contributed by atoms with Crippen LogP contribution in [0.5, 0.6) is 0 Å². The fraction of sp³-hybridized carbons (Fsp3) is 0.309. The normalized spacial score (nSPS) is 12.9. The first-order chi connectivity index (χ1) is 33.2. The summed E-state index contributed by atoms with van der Waals surface area (Å²) in [6, 6.07) is 40.0. The minimum atomic E-state index is -1.06. The fourth-order valence-electron chi connectivity index (χ4n) is 7.97. The Morgan fingerprint density at radius 3 is 1.46 bits per heavy atom. The molecule has 3 N–H and O–H groups in total. The van der Waals surface area contributed by atoms with Gasteiger partial charge in [-0.05, 0) is 75.8 Å². The zero-order valence-corrected chi connectivity index (χ0v) is 39.0. The van der Waals surface area contributed by atoms with E-state index in [-0.39, 0.29) is 38.1 Å². The smallest absolute Gasteiger partial charge is 0.407 e. The van der Waals surface area contributed by atoms with Gasteiger partial charge in [-0.15, -0.1) is 6.58 Å². The molecule has 5 aromatic carbocycles. The number of rotatable bonds is 21. The van der Waals surface area contributed by atoms with Crippen LogP contribution >= 0.6 is 0 Å². The highest BCUT2D eigenvalue weighted by atomic mass is 16.6. The number of methoxy groups -OCH3 is 3. The average molecular weight is 927 g/mol. The van der Waals surface area contributed by atoms with E-state index >= 15 is 0 Å². The first kappa shape index (κ1) is 51.9. The molecule has 0 spiro atoms. The molecule has 68 heavy (non-hydrogen) atoms. The lowest BCUT2D eigenvalue weighted by Gasteiger charge is -2.18. The first-order valence-electron chi connectivity index (χ1n) is 22.6. The van der Waals surface area contributed by atoms with Crippen molar-refractivity contribution in [1.82, 2.24) is 10.6 Å². The molecular weight excluding hydrogens is 865 g/mol. The number of carboxylic acid groups (broad SMARTS) is 1. The van der Waals surface area contributed by atoms with E-state index in [1.807, 2.05) is 91.0 Å². The number of carbonyl (C=O) groups is 4. The van der Waals surface area contributed by atoms with Crippen LogP contribution in [-0.4, -0.2) is 95.7 Å². The molecule has 0 saturated heterocycles. The SMILES string of the molecule is C=CCOC.COC/C=C/C[C@H](NC(=O)OCC1c2ccccc2-c2ccccc21)C(=O)OCc1ccccc1.COCCCC[C@H](NC(=O)OCC1c2ccccc2-c2ccccc21)C(=O)O. The maximum absolute atomic E-state index is 12.7. The molecule has 358 valence electrons. The molecule has 0 unspecified atom stereocenters. The van der Waals surface area contributed by atoms with E-state index in [4.69, 9.17) is 23.7 Å². The van der Waals surface area contributed by atoms with E-state index in [1.165, 1.54) is 0 Å². The van der Waals surface area contributed by atoms with Crippen LogP contribution in [0.4, 0.5) is 9.59 Å². The quantitative estimate of drug-likeness (QED) is 0.0277. The molecule has 0 bridgehead atoms. The van der Waals surface area contributed by atoms with Crippen molar-refractivity contribution >= 4 is 24.1 Å². The highest BCUT2D eigenvalue weighted by Crippen LogP contribution is 2.45. The van der Waals surface area contributed by atoms with Gasteiger partial charge in [-0.1, -0.05) is 146 Å². The largest absolute Gasteiger partial charge is 0.480 e. The van der Waals surface area contributed by atoms with Gasteiger partial charge in [0, 0.05) is 39.8 Å². The van der Waals surface area contributed by atoms with Crippen molar-refractivity contribution in [3.8, 4) is 22.3 Å². The lowest BCUT2D eigenvalue weighted by Crippen LogP contribution is -2.42. The molecule has 2 aliphatic carbocycles. The Morgan fingerprint density at radius 1 is 0.574 bits per heavy atom. The van der Waals surface area contributed by atoms with E-state index in [1.54, 1.807) is 39.6 Å². The van der Waals surface area contributed by atoms with E-state index in [0.29, 0.717) is 32.7 Å². The average Bonchev–Trinajstić information content (AvgIpc) is 3.86. The maximum Gasteiger partial charge on any atom is 0.407 e. The molecular formula is C55H62N2O11. The Morgan fingerprint density at radius 2 is 1.03 bits per heavy atom. The molecule has 0 saturated carbocycles. The third-order valence-corrected chi connectivity index (χ3v) is 11.3. The minimum Gasteiger partial charge on any atom is -0.480 e. The van der Waals surface area contributed by atoms with Crippen molar-refractivity contribution in [3.05, 3.63) is 180 Å². The molecule has 2 atom stereocenters. The van der Waals surface area contributed by atoms with Gasteiger partial charge in [-0.25, -0.2) is 19.2 Å². The van der Waals surface area contributed by atoms with Crippen LogP contribution in [0.3, 0.4) is 0 Å². The number of alkyl carbamates (subject to hydrolysis) is 2. The van der Waals surface area contributed by atoms with Crippen LogP contribution in [0, 0.1) is 0 Å². The maximum atomic E-state index is 12.7. The van der Waals surface area contributed by atoms with Gasteiger partial charge in [0.15, 0.2) is 0 Å². The summed E-state index contributed by atoms with van der Waals surface area (Å²) in [5.74, 6) is -1.70. The van der Waals surface area contributed by atoms with Crippen LogP contribution in [0.1, 0.15) is 65.3 Å². The molecule has 13 heteroatoms. The van der Waals surface area contributed by atoms with Crippen molar-refractivity contribution in [1.29, 1.82) is 0 Å². The predicted molar refractivity (Wildman–Crippen MR) is 261 cm³/mol. The number of carbonyl (C=O) groups excluding carboxylic acids is 3. The summed E-state index contributed by atoms with van der Waals surface area (Å²) in [6.07, 6.45) is 5.90. The summed E-state index contributed by atoms with van der Waals surface area (Å²) in [6.45, 7) is 5.52. The predicted octanol–water partition coefficient (Wildman–Crippen LogP) is 9.84. The number of ether oxygens (including phenoxy) is 6. The summed E-state index contributed by atoms with van der Waals surface area (Å²) in [5.41, 5.74) is 9.96. The molecule has 13 nitrogen and oxygen atoms in total. The van der Waals surface area contributed by atoms with E-state index < -0.39 is 36.2 Å². The van der Waals surface area contributed by atoms with Crippen molar-refractivity contribution < 1.29 is 52.7 Å². The monoisotopic (exact) mass is 926 g/mol. The third kappa shape index (κ3) is 15.2. The summed E-state index contributed by atoms with van der Waals surface area (Å²) in [7, 11) is 4.83. The summed E-state index contributed by atoms with van der Waals surface area (Å²) in [5, 5.41) is 14.5. The van der Waals surface area contributed by atoms with E-state index in [9.17, 15) is 24.3 Å². The minimum absolute atomic E-state index is 0.0527. The first-order valence-corrected chi connectivity index (χ1v) is 22.6. The molecule has 7 rings (SSSR count). The van der Waals surface area contributed by atoms with Gasteiger partial charge in [0.2, 0.25) is 0 Å². The lowest BCUT2D eigenvalue weighted by molar-refractivity contribution is -0.147. The van der Waals surface area contributed by atoms with Crippen molar-refractivity contribution in [3.63, 3.8) is 0 Å². The van der Waals surface area contributed by atoms with Crippen molar-refractivity contribution in [2.24, 2.45) is 0 Å². The number of fused-ring (bicyclic) bond motifs is 6. The van der Waals surface area contributed by atoms with Gasteiger partial charge < -0.3 is 44.2 Å². The Kier molecular flexibility index (Phi) is 21.5. The van der Waals surface area contributed by atoms with Crippen LogP contribution in [0.15, 0.2) is 152 Å². The Bertz CT molecular complexity index is 2330. The van der Waals surface area contributed by atoms with Crippen LogP contribution in [0.2, 0.25) is 0 Å². The van der Waals surface area contributed by atoms with Gasteiger partial charge in [0.05, 0.1) is 13.2 Å². The van der Waals surface area contributed by atoms with Crippen molar-refractivity contribution in [2.45, 2.75) is 56.2 Å². The number of hydrogen-bond acceptors (Lipinski definition) is 10. The van der Waals surface area contributed by atoms with Gasteiger partial charge in [0.1, 0.15) is 31.9 Å². The van der Waals surface area contributed by atoms with E-state index in [2.05, 4.69) is 58.3 Å². The molecule has 0 heterocycles. The number of unbranched alkanes of at least 4 members (excludes halogenated alkanes) is 1. The molecule has 5 aromatic rings. The number of aliphatic carboxylic acids is 1. The molecule has 0 fully saturated rings. The van der Waals surface area contributed by atoms with Crippen LogP contribution in [-0.2, 0) is 44.6 Å². The highest BCUT2D eigenvalue weighted by Gasteiger charge is 2.31. The zero-order chi connectivity index (χ0) is 48.5. The zero-order valence-electron chi connectivity index (χ0n) is 39.0.